The first kappa shape index (κ1) is 11.3. The smallest absolute Gasteiger partial charge is 0.171 e. The van der Waals surface area contributed by atoms with Crippen molar-refractivity contribution >= 4 is 11.6 Å². The summed E-state index contributed by atoms with van der Waals surface area (Å²) in [6, 6.07) is 5.85. The molecule has 0 aliphatic rings. The fraction of sp³-hybridized carbons (Fsp3) is 0.250. The summed E-state index contributed by atoms with van der Waals surface area (Å²) in [4.78, 5) is 14.6. The average Bonchev–Trinajstić information content (AvgIpc) is 2.38. The first-order valence-corrected chi connectivity index (χ1v) is 5.52. The minimum absolute atomic E-state index is 0.449. The van der Waals surface area contributed by atoms with Gasteiger partial charge in [0, 0.05) is 25.1 Å². The molecule has 0 atom stereocenters. The van der Waals surface area contributed by atoms with Crippen molar-refractivity contribution in [2.24, 2.45) is 0 Å². The number of hydrogen-bond donors (Lipinski definition) is 1. The molecule has 0 aromatic carbocycles. The molecular formula is C12H15N5. The Labute approximate surface area is 100 Å². The van der Waals surface area contributed by atoms with Gasteiger partial charge in [0.15, 0.2) is 11.6 Å². The Morgan fingerprint density at radius 3 is 2.59 bits per heavy atom. The van der Waals surface area contributed by atoms with E-state index < -0.39 is 0 Å². The van der Waals surface area contributed by atoms with E-state index in [0.29, 0.717) is 18.2 Å². The van der Waals surface area contributed by atoms with Gasteiger partial charge in [-0.2, -0.15) is 0 Å². The van der Waals surface area contributed by atoms with E-state index in [9.17, 15) is 0 Å². The van der Waals surface area contributed by atoms with E-state index in [1.165, 1.54) is 0 Å². The molecular weight excluding hydrogens is 214 g/mol. The fourth-order valence-corrected chi connectivity index (χ4v) is 1.61. The lowest BCUT2D eigenvalue weighted by atomic mass is 10.3. The first-order valence-electron chi connectivity index (χ1n) is 5.52. The molecule has 88 valence electrons. The van der Waals surface area contributed by atoms with Gasteiger partial charge in [-0.3, -0.25) is 4.98 Å². The maximum Gasteiger partial charge on any atom is 0.171 e. The Hall–Kier alpha value is -2.17. The van der Waals surface area contributed by atoms with Crippen LogP contribution in [0.5, 0.6) is 0 Å². The molecule has 0 fully saturated rings. The lowest BCUT2D eigenvalue weighted by Gasteiger charge is -2.21. The van der Waals surface area contributed by atoms with Gasteiger partial charge < -0.3 is 10.6 Å². The molecule has 2 rings (SSSR count). The van der Waals surface area contributed by atoms with Crippen LogP contribution in [-0.4, -0.2) is 21.5 Å². The summed E-state index contributed by atoms with van der Waals surface area (Å²) in [5, 5.41) is 0. The van der Waals surface area contributed by atoms with E-state index in [4.69, 9.17) is 5.73 Å². The number of aromatic nitrogens is 3. The number of rotatable bonds is 4. The van der Waals surface area contributed by atoms with Gasteiger partial charge in [0.05, 0.1) is 12.2 Å². The van der Waals surface area contributed by atoms with Crippen molar-refractivity contribution in [1.29, 1.82) is 0 Å². The third-order valence-electron chi connectivity index (χ3n) is 2.47. The molecule has 0 amide bonds. The summed E-state index contributed by atoms with van der Waals surface area (Å²) >= 11 is 0. The molecule has 0 bridgehead atoms. The predicted octanol–water partition coefficient (Wildman–Crippen LogP) is 1.48. The van der Waals surface area contributed by atoms with Gasteiger partial charge in [0.25, 0.3) is 0 Å². The highest BCUT2D eigenvalue weighted by Crippen LogP contribution is 2.18. The Kier molecular flexibility index (Phi) is 3.49. The molecule has 2 aromatic rings. The molecule has 17 heavy (non-hydrogen) atoms. The second-order valence-corrected chi connectivity index (χ2v) is 3.60. The van der Waals surface area contributed by atoms with Gasteiger partial charge in [-0.15, -0.1) is 0 Å². The number of anilines is 2. The van der Waals surface area contributed by atoms with Gasteiger partial charge in [-0.25, -0.2) is 9.97 Å². The van der Waals surface area contributed by atoms with Gasteiger partial charge in [0.2, 0.25) is 0 Å². The van der Waals surface area contributed by atoms with E-state index in [-0.39, 0.29) is 0 Å². The quantitative estimate of drug-likeness (QED) is 0.860. The van der Waals surface area contributed by atoms with Crippen LogP contribution in [0.2, 0.25) is 0 Å². The van der Waals surface area contributed by atoms with Crippen LogP contribution >= 0.6 is 0 Å². The summed E-state index contributed by atoms with van der Waals surface area (Å²) in [7, 11) is 0. The topological polar surface area (TPSA) is 67.9 Å². The van der Waals surface area contributed by atoms with Gasteiger partial charge >= 0.3 is 0 Å². The zero-order valence-electron chi connectivity index (χ0n) is 9.74. The third-order valence-corrected chi connectivity index (χ3v) is 2.47. The highest BCUT2D eigenvalue weighted by atomic mass is 15.2. The second-order valence-electron chi connectivity index (χ2n) is 3.60. The van der Waals surface area contributed by atoms with Crippen molar-refractivity contribution in [2.75, 3.05) is 17.2 Å². The first-order chi connectivity index (χ1) is 8.31. The molecule has 0 aliphatic carbocycles. The van der Waals surface area contributed by atoms with Gasteiger partial charge in [-0.1, -0.05) is 6.07 Å². The zero-order valence-corrected chi connectivity index (χ0v) is 9.74. The van der Waals surface area contributed by atoms with E-state index in [0.717, 1.165) is 12.2 Å². The number of hydrogen-bond acceptors (Lipinski definition) is 5. The molecule has 5 nitrogen and oxygen atoms in total. The highest BCUT2D eigenvalue weighted by molar-refractivity contribution is 5.57. The molecule has 2 heterocycles. The van der Waals surface area contributed by atoms with Crippen LogP contribution in [0.15, 0.2) is 36.8 Å². The van der Waals surface area contributed by atoms with Gasteiger partial charge in [-0.05, 0) is 19.1 Å². The number of nitrogen functional groups attached to an aromatic ring is 1. The Balaban J connectivity index is 2.21. The highest BCUT2D eigenvalue weighted by Gasteiger charge is 2.10. The lowest BCUT2D eigenvalue weighted by molar-refractivity contribution is 0.792. The van der Waals surface area contributed by atoms with Crippen molar-refractivity contribution in [3.8, 4) is 0 Å². The molecule has 5 heteroatoms. The summed E-state index contributed by atoms with van der Waals surface area (Å²) in [6.07, 6.45) is 5.02. The molecule has 0 spiro atoms. The summed E-state index contributed by atoms with van der Waals surface area (Å²) < 4.78 is 0. The van der Waals surface area contributed by atoms with Crippen molar-refractivity contribution in [3.63, 3.8) is 0 Å². The third kappa shape index (κ3) is 2.69. The molecule has 2 N–H and O–H groups in total. The standard InChI is InChI=1S/C12H15N5/c1-2-17(9-10-5-3-4-6-14-10)12-11(13)15-7-8-16-12/h3-8H,2,9H2,1H3,(H2,13,15). The number of nitrogens with two attached hydrogens (primary N) is 1. The van der Waals surface area contributed by atoms with Crippen LogP contribution in [0.25, 0.3) is 0 Å². The van der Waals surface area contributed by atoms with Crippen LogP contribution in [-0.2, 0) is 6.54 Å². The summed E-state index contributed by atoms with van der Waals surface area (Å²) in [5.41, 5.74) is 6.80. The molecule has 0 saturated heterocycles. The minimum Gasteiger partial charge on any atom is -0.381 e. The summed E-state index contributed by atoms with van der Waals surface area (Å²) in [6.45, 7) is 3.54. The number of pyridine rings is 1. The monoisotopic (exact) mass is 229 g/mol. The summed E-state index contributed by atoms with van der Waals surface area (Å²) in [5.74, 6) is 1.16. The maximum atomic E-state index is 5.81. The molecule has 0 aliphatic heterocycles. The van der Waals surface area contributed by atoms with Crippen molar-refractivity contribution < 1.29 is 0 Å². The van der Waals surface area contributed by atoms with Gasteiger partial charge in [0.1, 0.15) is 0 Å². The van der Waals surface area contributed by atoms with Crippen LogP contribution in [0, 0.1) is 0 Å². The normalized spacial score (nSPS) is 10.2. The lowest BCUT2D eigenvalue weighted by Crippen LogP contribution is -2.25. The van der Waals surface area contributed by atoms with Crippen molar-refractivity contribution in [1.82, 2.24) is 15.0 Å². The van der Waals surface area contributed by atoms with Crippen molar-refractivity contribution in [3.05, 3.63) is 42.5 Å². The van der Waals surface area contributed by atoms with Crippen LogP contribution in [0.4, 0.5) is 11.6 Å². The fourth-order valence-electron chi connectivity index (χ4n) is 1.61. The molecule has 0 radical (unpaired) electrons. The van der Waals surface area contributed by atoms with Crippen LogP contribution in [0.3, 0.4) is 0 Å². The number of nitrogens with zero attached hydrogens (tertiary/aromatic N) is 4. The predicted molar refractivity (Wildman–Crippen MR) is 67.4 cm³/mol. The Morgan fingerprint density at radius 2 is 1.94 bits per heavy atom. The van der Waals surface area contributed by atoms with E-state index in [2.05, 4.69) is 21.9 Å². The van der Waals surface area contributed by atoms with E-state index >= 15 is 0 Å². The minimum atomic E-state index is 0.449. The molecule has 2 aromatic heterocycles. The second kappa shape index (κ2) is 5.25. The van der Waals surface area contributed by atoms with Crippen molar-refractivity contribution in [2.45, 2.75) is 13.5 Å². The average molecular weight is 229 g/mol. The largest absolute Gasteiger partial charge is 0.381 e. The SMILES string of the molecule is CCN(Cc1ccccn1)c1nccnc1N. The van der Waals surface area contributed by atoms with E-state index in [1.54, 1.807) is 18.6 Å². The van der Waals surface area contributed by atoms with E-state index in [1.807, 2.05) is 23.1 Å². The maximum absolute atomic E-state index is 5.81. The van der Waals surface area contributed by atoms with Crippen LogP contribution < -0.4 is 10.6 Å². The zero-order chi connectivity index (χ0) is 12.1. The van der Waals surface area contributed by atoms with Crippen LogP contribution in [0.1, 0.15) is 12.6 Å². The molecule has 0 unspecified atom stereocenters. The molecule has 0 saturated carbocycles. The Morgan fingerprint density at radius 1 is 1.12 bits per heavy atom. The Bertz CT molecular complexity index is 471.